The monoisotopic (exact) mass is 274 g/mol. The van der Waals surface area contributed by atoms with Gasteiger partial charge in [0.05, 0.1) is 19.3 Å². The van der Waals surface area contributed by atoms with Crippen LogP contribution in [-0.4, -0.2) is 23.6 Å². The first-order chi connectivity index (χ1) is 9.67. The maximum atomic E-state index is 11.9. The number of aliphatic hydroxyl groups excluding tert-OH is 1. The molecule has 0 saturated heterocycles. The van der Waals surface area contributed by atoms with Gasteiger partial charge in [0.15, 0.2) is 0 Å². The molecule has 0 aliphatic carbocycles. The normalized spacial score (nSPS) is 13.4. The summed E-state index contributed by atoms with van der Waals surface area (Å²) in [6, 6.07) is 9.71. The van der Waals surface area contributed by atoms with E-state index in [1.165, 1.54) is 0 Å². The highest BCUT2D eigenvalue weighted by molar-refractivity contribution is 5.83. The van der Waals surface area contributed by atoms with Gasteiger partial charge in [0, 0.05) is 12.3 Å². The van der Waals surface area contributed by atoms with Gasteiger partial charge < -0.3 is 9.84 Å². The fraction of sp³-hybridized carbons (Fsp3) is 0.353. The van der Waals surface area contributed by atoms with Crippen LogP contribution in [0, 0.1) is 5.92 Å². The van der Waals surface area contributed by atoms with Crippen LogP contribution >= 0.6 is 0 Å². The van der Waals surface area contributed by atoms with Crippen LogP contribution in [-0.2, 0) is 16.1 Å². The number of carbonyl (C=O) groups excluding carboxylic acids is 1. The Morgan fingerprint density at radius 3 is 2.60 bits per heavy atom. The zero-order valence-electron chi connectivity index (χ0n) is 11.7. The molecule has 1 aromatic rings. The average Bonchev–Trinajstić information content (AvgIpc) is 2.45. The highest BCUT2D eigenvalue weighted by atomic mass is 16.5. The van der Waals surface area contributed by atoms with E-state index in [0.717, 1.165) is 5.56 Å². The Morgan fingerprint density at radius 2 is 2.00 bits per heavy atom. The first kappa shape index (κ1) is 16.3. The van der Waals surface area contributed by atoms with Gasteiger partial charge in [0.1, 0.15) is 5.78 Å². The summed E-state index contributed by atoms with van der Waals surface area (Å²) in [5, 5.41) is 9.80. The van der Waals surface area contributed by atoms with Gasteiger partial charge in [-0.2, -0.15) is 0 Å². The van der Waals surface area contributed by atoms with E-state index in [9.17, 15) is 9.90 Å². The molecule has 1 N–H and O–H groups in total. The SMILES string of the molecule is C=CC[C@@H](C=C)C(=O)C[C@H](O)COCc1ccccc1. The Labute approximate surface area is 120 Å². The molecule has 3 nitrogen and oxygen atoms in total. The Kier molecular flexibility index (Phi) is 7.55. The minimum atomic E-state index is -0.779. The molecule has 0 spiro atoms. The molecule has 0 saturated carbocycles. The van der Waals surface area contributed by atoms with Crippen LogP contribution in [0.4, 0.5) is 0 Å². The van der Waals surface area contributed by atoms with Gasteiger partial charge in [-0.25, -0.2) is 0 Å². The van der Waals surface area contributed by atoms with Crippen molar-refractivity contribution >= 4 is 5.78 Å². The summed E-state index contributed by atoms with van der Waals surface area (Å²) in [7, 11) is 0. The van der Waals surface area contributed by atoms with E-state index in [-0.39, 0.29) is 24.7 Å². The van der Waals surface area contributed by atoms with Crippen molar-refractivity contribution in [3.63, 3.8) is 0 Å². The second-order valence-electron chi connectivity index (χ2n) is 4.69. The van der Waals surface area contributed by atoms with E-state index >= 15 is 0 Å². The molecule has 2 atom stereocenters. The van der Waals surface area contributed by atoms with Gasteiger partial charge in [-0.3, -0.25) is 4.79 Å². The van der Waals surface area contributed by atoms with Gasteiger partial charge >= 0.3 is 0 Å². The van der Waals surface area contributed by atoms with Crippen molar-refractivity contribution in [2.45, 2.75) is 25.6 Å². The first-order valence-electron chi connectivity index (χ1n) is 6.73. The predicted octanol–water partition coefficient (Wildman–Crippen LogP) is 2.90. The summed E-state index contributed by atoms with van der Waals surface area (Å²) in [6.07, 6.45) is 3.14. The molecule has 0 heterocycles. The van der Waals surface area contributed by atoms with Crippen molar-refractivity contribution in [1.82, 2.24) is 0 Å². The van der Waals surface area contributed by atoms with E-state index in [4.69, 9.17) is 4.74 Å². The third kappa shape index (κ3) is 5.95. The van der Waals surface area contributed by atoms with E-state index in [1.54, 1.807) is 12.2 Å². The fourth-order valence-electron chi connectivity index (χ4n) is 1.87. The van der Waals surface area contributed by atoms with Crippen molar-refractivity contribution in [2.75, 3.05) is 6.61 Å². The number of allylic oxidation sites excluding steroid dienone is 2. The standard InChI is InChI=1S/C17H22O3/c1-3-8-15(4-2)17(19)11-16(18)13-20-12-14-9-6-5-7-10-14/h3-7,9-10,15-16,18H,1-2,8,11-13H2/t15-,16+/m1/s1. The molecule has 1 rings (SSSR count). The lowest BCUT2D eigenvalue weighted by atomic mass is 9.96. The molecule has 0 aliphatic rings. The number of rotatable bonds is 10. The number of aliphatic hydroxyl groups is 1. The largest absolute Gasteiger partial charge is 0.390 e. The van der Waals surface area contributed by atoms with E-state index < -0.39 is 6.10 Å². The topological polar surface area (TPSA) is 46.5 Å². The minimum absolute atomic E-state index is 0.0317. The maximum Gasteiger partial charge on any atom is 0.142 e. The molecule has 0 aliphatic heterocycles. The zero-order chi connectivity index (χ0) is 14.8. The minimum Gasteiger partial charge on any atom is -0.390 e. The summed E-state index contributed by atoms with van der Waals surface area (Å²) < 4.78 is 5.41. The van der Waals surface area contributed by atoms with Crippen LogP contribution in [0.1, 0.15) is 18.4 Å². The molecule has 0 unspecified atom stereocenters. The van der Waals surface area contributed by atoms with Crippen LogP contribution in [0.25, 0.3) is 0 Å². The van der Waals surface area contributed by atoms with Crippen LogP contribution in [0.2, 0.25) is 0 Å². The Bertz CT molecular complexity index is 425. The molecule has 108 valence electrons. The number of carbonyl (C=O) groups is 1. The zero-order valence-corrected chi connectivity index (χ0v) is 11.7. The van der Waals surface area contributed by atoms with E-state index in [2.05, 4.69) is 13.2 Å². The summed E-state index contributed by atoms with van der Waals surface area (Å²) >= 11 is 0. The number of Topliss-reactive ketones (excluding diaryl/α,β-unsaturated/α-hetero) is 1. The number of hydrogen-bond donors (Lipinski definition) is 1. The molecule has 0 fully saturated rings. The highest BCUT2D eigenvalue weighted by Gasteiger charge is 2.17. The summed E-state index contributed by atoms with van der Waals surface area (Å²) in [4.78, 5) is 11.9. The molecular weight excluding hydrogens is 252 g/mol. The van der Waals surface area contributed by atoms with Gasteiger partial charge in [0.25, 0.3) is 0 Å². The van der Waals surface area contributed by atoms with Gasteiger partial charge in [0.2, 0.25) is 0 Å². The van der Waals surface area contributed by atoms with Crippen LogP contribution in [0.3, 0.4) is 0 Å². The Balaban J connectivity index is 2.29. The lowest BCUT2D eigenvalue weighted by Gasteiger charge is -2.14. The van der Waals surface area contributed by atoms with Gasteiger partial charge in [-0.05, 0) is 12.0 Å². The molecule has 3 heteroatoms. The first-order valence-corrected chi connectivity index (χ1v) is 6.73. The predicted molar refractivity (Wildman–Crippen MR) is 80.2 cm³/mol. The van der Waals surface area contributed by atoms with Crippen molar-refractivity contribution < 1.29 is 14.6 Å². The van der Waals surface area contributed by atoms with Gasteiger partial charge in [-0.1, -0.05) is 42.5 Å². The summed E-state index contributed by atoms with van der Waals surface area (Å²) in [5.74, 6) is -0.299. The Morgan fingerprint density at radius 1 is 1.30 bits per heavy atom. The van der Waals surface area contributed by atoms with E-state index in [1.807, 2.05) is 30.3 Å². The van der Waals surface area contributed by atoms with E-state index in [0.29, 0.717) is 13.0 Å². The third-order valence-corrected chi connectivity index (χ3v) is 2.98. The fourth-order valence-corrected chi connectivity index (χ4v) is 1.87. The van der Waals surface area contributed by atoms with Crippen molar-refractivity contribution in [3.05, 3.63) is 61.2 Å². The van der Waals surface area contributed by atoms with Crippen molar-refractivity contribution in [1.29, 1.82) is 0 Å². The van der Waals surface area contributed by atoms with Crippen LogP contribution in [0.5, 0.6) is 0 Å². The molecule has 0 radical (unpaired) electrons. The number of ketones is 1. The second-order valence-corrected chi connectivity index (χ2v) is 4.69. The molecule has 0 amide bonds. The van der Waals surface area contributed by atoms with Crippen LogP contribution in [0.15, 0.2) is 55.6 Å². The lowest BCUT2D eigenvalue weighted by molar-refractivity contribution is -0.124. The smallest absolute Gasteiger partial charge is 0.142 e. The summed E-state index contributed by atoms with van der Waals surface area (Å²) in [6.45, 7) is 7.82. The number of ether oxygens (including phenoxy) is 1. The molecule has 1 aromatic carbocycles. The second kappa shape index (κ2) is 9.23. The third-order valence-electron chi connectivity index (χ3n) is 2.98. The average molecular weight is 274 g/mol. The molecule has 20 heavy (non-hydrogen) atoms. The highest BCUT2D eigenvalue weighted by Crippen LogP contribution is 2.11. The lowest BCUT2D eigenvalue weighted by Crippen LogP contribution is -2.23. The maximum absolute atomic E-state index is 11.9. The quantitative estimate of drug-likeness (QED) is 0.667. The Hall–Kier alpha value is -1.71. The number of hydrogen-bond acceptors (Lipinski definition) is 3. The molecule has 0 bridgehead atoms. The molecular formula is C17H22O3. The van der Waals surface area contributed by atoms with Gasteiger partial charge in [-0.15, -0.1) is 13.2 Å². The van der Waals surface area contributed by atoms with Crippen LogP contribution < -0.4 is 0 Å². The summed E-state index contributed by atoms with van der Waals surface area (Å²) in [5.41, 5.74) is 1.04. The molecule has 0 aromatic heterocycles. The number of benzene rings is 1. The van der Waals surface area contributed by atoms with Crippen molar-refractivity contribution in [2.24, 2.45) is 5.92 Å². The van der Waals surface area contributed by atoms with Crippen molar-refractivity contribution in [3.8, 4) is 0 Å².